The van der Waals surface area contributed by atoms with Crippen molar-refractivity contribution in [3.63, 3.8) is 0 Å². The number of benzene rings is 2. The van der Waals surface area contributed by atoms with Crippen molar-refractivity contribution >= 4 is 39.4 Å². The van der Waals surface area contributed by atoms with Crippen molar-refractivity contribution in [3.8, 4) is 5.75 Å². The first kappa shape index (κ1) is 23.0. The van der Waals surface area contributed by atoms with Crippen molar-refractivity contribution in [3.05, 3.63) is 58.7 Å². The molecule has 2 heterocycles. The van der Waals surface area contributed by atoms with Crippen LogP contribution < -0.4 is 20.7 Å². The van der Waals surface area contributed by atoms with E-state index in [2.05, 4.69) is 46.1 Å². The fraction of sp³-hybridized carbons (Fsp3) is 0.333. The van der Waals surface area contributed by atoms with Crippen LogP contribution in [0.25, 0.3) is 0 Å². The SMILES string of the molecule is COc1cc(C(=O)c2sc(Nc3ccc(N4CCN(C(C)C)CC4)cc3)nc2N)ccc1F. The minimum absolute atomic E-state index is 0.00740. The first-order chi connectivity index (χ1) is 15.9. The molecule has 1 aliphatic heterocycles. The van der Waals surface area contributed by atoms with Crippen LogP contribution in [0, 0.1) is 5.82 Å². The lowest BCUT2D eigenvalue weighted by molar-refractivity contribution is 0.104. The summed E-state index contributed by atoms with van der Waals surface area (Å²) in [6.07, 6.45) is 0. The maximum Gasteiger partial charge on any atom is 0.206 e. The number of thiazole rings is 1. The third-order valence-corrected chi connectivity index (χ3v) is 6.79. The third-order valence-electron chi connectivity index (χ3n) is 5.80. The highest BCUT2D eigenvalue weighted by atomic mass is 32.1. The Kier molecular flexibility index (Phi) is 6.80. The topological polar surface area (TPSA) is 83.7 Å². The standard InChI is InChI=1S/C24H28FN5O2S/c1-15(2)29-10-12-30(13-11-29)18-7-5-17(6-8-18)27-24-28-23(26)22(33-24)21(31)16-4-9-19(25)20(14-16)32-3/h4-9,14-15H,10-13,26H2,1-3H3,(H,27,28). The molecule has 0 spiro atoms. The van der Waals surface area contributed by atoms with Gasteiger partial charge in [-0.2, -0.15) is 0 Å². The van der Waals surface area contributed by atoms with Crippen molar-refractivity contribution < 1.29 is 13.9 Å². The first-order valence-electron chi connectivity index (χ1n) is 10.9. The molecule has 3 N–H and O–H groups in total. The normalized spacial score (nSPS) is 14.5. The van der Waals surface area contributed by atoms with Crippen molar-refractivity contribution in [1.82, 2.24) is 9.88 Å². The number of rotatable bonds is 7. The molecule has 3 aromatic rings. The molecule has 4 rings (SSSR count). The van der Waals surface area contributed by atoms with Crippen molar-refractivity contribution in [2.24, 2.45) is 0 Å². The summed E-state index contributed by atoms with van der Waals surface area (Å²) < 4.78 is 18.6. The Bertz CT molecular complexity index is 1120. The van der Waals surface area contributed by atoms with E-state index < -0.39 is 5.82 Å². The van der Waals surface area contributed by atoms with Crippen LogP contribution in [0.1, 0.15) is 29.1 Å². The summed E-state index contributed by atoms with van der Waals surface area (Å²) >= 11 is 1.16. The number of aromatic nitrogens is 1. The number of ether oxygens (including phenoxy) is 1. The molecule has 0 bridgehead atoms. The van der Waals surface area contributed by atoms with Gasteiger partial charge in [0, 0.05) is 49.2 Å². The number of hydrogen-bond donors (Lipinski definition) is 2. The summed E-state index contributed by atoms with van der Waals surface area (Å²) in [5.41, 5.74) is 8.34. The molecule has 0 unspecified atom stereocenters. The summed E-state index contributed by atoms with van der Waals surface area (Å²) in [4.78, 5) is 22.3. The van der Waals surface area contributed by atoms with Gasteiger partial charge in [-0.15, -0.1) is 0 Å². The molecule has 0 radical (unpaired) electrons. The van der Waals surface area contributed by atoms with Crippen LogP contribution in [0.2, 0.25) is 0 Å². The highest BCUT2D eigenvalue weighted by Crippen LogP contribution is 2.31. The molecule has 0 saturated carbocycles. The van der Waals surface area contributed by atoms with E-state index in [1.165, 1.54) is 31.0 Å². The van der Waals surface area contributed by atoms with Gasteiger partial charge in [-0.1, -0.05) is 11.3 Å². The first-order valence-corrected chi connectivity index (χ1v) is 11.7. The van der Waals surface area contributed by atoms with E-state index in [4.69, 9.17) is 10.5 Å². The molecule has 9 heteroatoms. The average molecular weight is 470 g/mol. The molecule has 33 heavy (non-hydrogen) atoms. The van der Waals surface area contributed by atoms with Gasteiger partial charge in [-0.25, -0.2) is 9.37 Å². The number of nitrogens with one attached hydrogen (secondary N) is 1. The van der Waals surface area contributed by atoms with Crippen molar-refractivity contribution in [2.75, 3.05) is 49.2 Å². The quantitative estimate of drug-likeness (QED) is 0.497. The van der Waals surface area contributed by atoms with Crippen LogP contribution in [0.5, 0.6) is 5.75 Å². The van der Waals surface area contributed by atoms with Gasteiger partial charge in [-0.3, -0.25) is 9.69 Å². The minimum atomic E-state index is -0.529. The number of methoxy groups -OCH3 is 1. The molecule has 0 aliphatic carbocycles. The second-order valence-corrected chi connectivity index (χ2v) is 9.20. The number of piperazine rings is 1. The van der Waals surface area contributed by atoms with Crippen molar-refractivity contribution in [1.29, 1.82) is 0 Å². The van der Waals surface area contributed by atoms with Gasteiger partial charge in [-0.05, 0) is 56.3 Å². The zero-order valence-electron chi connectivity index (χ0n) is 19.0. The lowest BCUT2D eigenvalue weighted by atomic mass is 10.1. The summed E-state index contributed by atoms with van der Waals surface area (Å²) in [6, 6.07) is 12.7. The highest BCUT2D eigenvalue weighted by molar-refractivity contribution is 7.18. The molecular formula is C24H28FN5O2S. The van der Waals surface area contributed by atoms with Gasteiger partial charge in [0.25, 0.3) is 0 Å². The van der Waals surface area contributed by atoms with Gasteiger partial charge in [0.1, 0.15) is 10.7 Å². The Balaban J connectivity index is 1.43. The smallest absolute Gasteiger partial charge is 0.206 e. The fourth-order valence-corrected chi connectivity index (χ4v) is 4.72. The second kappa shape index (κ2) is 9.76. The van der Waals surface area contributed by atoms with E-state index in [9.17, 15) is 9.18 Å². The molecule has 7 nitrogen and oxygen atoms in total. The monoisotopic (exact) mass is 469 g/mol. The van der Waals surface area contributed by atoms with Crippen LogP contribution in [-0.2, 0) is 0 Å². The number of ketones is 1. The summed E-state index contributed by atoms with van der Waals surface area (Å²) in [5.74, 6) is -0.713. The second-order valence-electron chi connectivity index (χ2n) is 8.20. The number of carbonyl (C=O) groups is 1. The number of nitrogen functional groups attached to an aromatic ring is 1. The van der Waals surface area contributed by atoms with E-state index in [1.54, 1.807) is 0 Å². The van der Waals surface area contributed by atoms with Crippen LogP contribution in [0.4, 0.5) is 26.7 Å². The number of hydrogen-bond acceptors (Lipinski definition) is 8. The van der Waals surface area contributed by atoms with Gasteiger partial charge in [0.15, 0.2) is 16.7 Å². The molecule has 1 aromatic heterocycles. The largest absolute Gasteiger partial charge is 0.494 e. The van der Waals surface area contributed by atoms with Crippen molar-refractivity contribution in [2.45, 2.75) is 19.9 Å². The van der Waals surface area contributed by atoms with E-state index >= 15 is 0 Å². The van der Waals surface area contributed by atoms with Gasteiger partial charge < -0.3 is 20.7 Å². The molecule has 1 saturated heterocycles. The zero-order chi connectivity index (χ0) is 23.5. The number of nitrogens with zero attached hydrogens (tertiary/aromatic N) is 3. The predicted molar refractivity (Wildman–Crippen MR) is 132 cm³/mol. The number of carbonyl (C=O) groups excluding carboxylic acids is 1. The molecule has 0 amide bonds. The lowest BCUT2D eigenvalue weighted by Crippen LogP contribution is -2.48. The Morgan fingerprint density at radius 3 is 2.48 bits per heavy atom. The fourth-order valence-electron chi connectivity index (χ4n) is 3.86. The zero-order valence-corrected chi connectivity index (χ0v) is 19.8. The Hall–Kier alpha value is -3.17. The molecule has 1 fully saturated rings. The number of nitrogens with two attached hydrogens (primary N) is 1. The van der Waals surface area contributed by atoms with Crippen LogP contribution in [0.15, 0.2) is 42.5 Å². The minimum Gasteiger partial charge on any atom is -0.494 e. The summed E-state index contributed by atoms with van der Waals surface area (Å²) in [5, 5.41) is 3.74. The molecule has 2 aromatic carbocycles. The predicted octanol–water partition coefficient (Wildman–Crippen LogP) is 4.38. The van der Waals surface area contributed by atoms with E-state index in [1.807, 2.05) is 12.1 Å². The Morgan fingerprint density at radius 2 is 1.85 bits per heavy atom. The molecule has 174 valence electrons. The molecule has 1 aliphatic rings. The maximum absolute atomic E-state index is 13.7. The van der Waals surface area contributed by atoms with E-state index in [0.29, 0.717) is 16.1 Å². The lowest BCUT2D eigenvalue weighted by Gasteiger charge is -2.38. The number of halogens is 1. The van der Waals surface area contributed by atoms with Crippen LogP contribution in [-0.4, -0.2) is 55.0 Å². The molecule has 0 atom stereocenters. The number of anilines is 4. The summed E-state index contributed by atoms with van der Waals surface area (Å²) in [7, 11) is 1.35. The van der Waals surface area contributed by atoms with Gasteiger partial charge >= 0.3 is 0 Å². The maximum atomic E-state index is 13.7. The van der Waals surface area contributed by atoms with E-state index in [-0.39, 0.29) is 22.9 Å². The van der Waals surface area contributed by atoms with Crippen LogP contribution >= 0.6 is 11.3 Å². The van der Waals surface area contributed by atoms with Gasteiger partial charge in [0.05, 0.1) is 7.11 Å². The third kappa shape index (κ3) is 5.09. The van der Waals surface area contributed by atoms with Crippen LogP contribution in [0.3, 0.4) is 0 Å². The molecular weight excluding hydrogens is 441 g/mol. The summed E-state index contributed by atoms with van der Waals surface area (Å²) in [6.45, 7) is 8.61. The van der Waals surface area contributed by atoms with Gasteiger partial charge in [0.2, 0.25) is 5.78 Å². The van der Waals surface area contributed by atoms with E-state index in [0.717, 1.165) is 43.2 Å². The average Bonchev–Trinajstić information content (AvgIpc) is 3.19. The highest BCUT2D eigenvalue weighted by Gasteiger charge is 2.21. The Labute approximate surface area is 197 Å². The Morgan fingerprint density at radius 1 is 1.15 bits per heavy atom.